The van der Waals surface area contributed by atoms with Gasteiger partial charge in [0, 0.05) is 34.8 Å². The maximum Gasteiger partial charge on any atom is 0.308 e. The van der Waals surface area contributed by atoms with Gasteiger partial charge in [-0.1, -0.05) is 107 Å². The molecule has 4 aromatic carbocycles. The van der Waals surface area contributed by atoms with E-state index in [1.54, 1.807) is 0 Å². The summed E-state index contributed by atoms with van der Waals surface area (Å²) in [7, 11) is 0. The number of phenolic OH excluding ortho intramolecular Hbond substituents is 1. The Bertz CT molecular complexity index is 1710. The molecule has 4 rings (SSSR count). The van der Waals surface area contributed by atoms with Crippen molar-refractivity contribution >= 4 is 18.4 Å². The predicted molar refractivity (Wildman–Crippen MR) is 217 cm³/mol. The zero-order chi connectivity index (χ0) is 38.8. The van der Waals surface area contributed by atoms with Crippen LogP contribution in [0.15, 0.2) is 84.9 Å². The second kappa shape index (κ2) is 19.0. The summed E-state index contributed by atoms with van der Waals surface area (Å²) in [6, 6.07) is 28.4. The van der Waals surface area contributed by atoms with Crippen LogP contribution in [-0.4, -0.2) is 23.5 Å². The van der Waals surface area contributed by atoms with Crippen LogP contribution in [0.1, 0.15) is 135 Å². The molecule has 0 fully saturated rings. The molecule has 1 radical (unpaired) electrons. The maximum absolute atomic E-state index is 11.3. The van der Waals surface area contributed by atoms with Gasteiger partial charge in [-0.25, -0.2) is 24.0 Å². The molecule has 0 saturated heterocycles. The Hall–Kier alpha value is -4.26. The number of hydrogen-bond acceptors (Lipinski definition) is 3. The average molecular weight is 746 g/mol. The van der Waals surface area contributed by atoms with E-state index in [4.69, 9.17) is 4.74 Å². The first-order chi connectivity index (χ1) is 23.5. The third kappa shape index (κ3) is 14.0. The van der Waals surface area contributed by atoms with Gasteiger partial charge in [-0.05, 0) is 56.0 Å². The number of ether oxygens (including phenoxy) is 1. The summed E-state index contributed by atoms with van der Waals surface area (Å²) < 4.78 is 5.33. The van der Waals surface area contributed by atoms with Crippen LogP contribution in [0.3, 0.4) is 0 Å². The molecule has 283 valence electrons. The van der Waals surface area contributed by atoms with Crippen LogP contribution in [-0.2, 0) is 43.2 Å². The molecular weight excluding hydrogens is 687 g/mol. The van der Waals surface area contributed by atoms with Gasteiger partial charge in [-0.2, -0.15) is 36.7 Å². The number of carbonyl (C=O) groups excluding carboxylic acids is 1. The van der Waals surface area contributed by atoms with Crippen molar-refractivity contribution in [2.75, 3.05) is 0 Å². The molecule has 0 aliphatic carbocycles. The number of esters is 1. The van der Waals surface area contributed by atoms with Crippen LogP contribution >= 0.6 is 0 Å². The first-order valence-corrected chi connectivity index (χ1v) is 17.5. The van der Waals surface area contributed by atoms with Crippen LogP contribution in [0.25, 0.3) is 10.8 Å². The summed E-state index contributed by atoms with van der Waals surface area (Å²) in [5.74, 6) is 0.232. The van der Waals surface area contributed by atoms with E-state index in [9.17, 15) is 20.7 Å². The maximum atomic E-state index is 11.3. The summed E-state index contributed by atoms with van der Waals surface area (Å²) in [5, 5.41) is 28.8. The van der Waals surface area contributed by atoms with Crippen LogP contribution in [0.2, 0.25) is 0 Å². The van der Waals surface area contributed by atoms with Gasteiger partial charge >= 0.3 is 5.97 Å². The molecule has 0 aliphatic rings. The fourth-order valence-corrected chi connectivity index (χ4v) is 5.08. The van der Waals surface area contributed by atoms with Gasteiger partial charge in [-0.3, -0.25) is 4.79 Å². The molecule has 0 aromatic heterocycles. The third-order valence-corrected chi connectivity index (χ3v) is 8.20. The molecule has 0 atom stereocenters. The van der Waals surface area contributed by atoms with Crippen molar-refractivity contribution in [3.05, 3.63) is 153 Å². The summed E-state index contributed by atoms with van der Waals surface area (Å²) in [6.07, 6.45) is 6.22. The quantitative estimate of drug-likeness (QED) is 0.0922. The van der Waals surface area contributed by atoms with Gasteiger partial charge < -0.3 is 20.7 Å². The zero-order valence-electron chi connectivity index (χ0n) is 33.4. The van der Waals surface area contributed by atoms with Crippen molar-refractivity contribution < 1.29 is 31.4 Å². The van der Waals surface area contributed by atoms with E-state index in [1.807, 2.05) is 54.6 Å². The van der Waals surface area contributed by atoms with Crippen LogP contribution < -0.4 is 4.74 Å². The van der Waals surface area contributed by atoms with Crippen molar-refractivity contribution in [3.8, 4) is 11.5 Å². The molecule has 0 unspecified atom stereocenters. The fraction of sp³-hybridized carbons (Fsp3) is 0.370. The monoisotopic (exact) mass is 745 g/mol. The zero-order valence-corrected chi connectivity index (χ0v) is 34.4. The van der Waals surface area contributed by atoms with Gasteiger partial charge in [0.15, 0.2) is 0 Å². The summed E-state index contributed by atoms with van der Waals surface area (Å²) in [4.78, 5) is 11.3. The molecule has 52 heavy (non-hydrogen) atoms. The molecule has 0 spiro atoms. The number of carbonyl (C=O) groups is 1. The van der Waals surface area contributed by atoms with E-state index in [0.29, 0.717) is 16.9 Å². The van der Waals surface area contributed by atoms with E-state index in [-0.39, 0.29) is 50.2 Å². The Kier molecular flexibility index (Phi) is 16.7. The molecule has 1 N–H and O–H groups in total. The van der Waals surface area contributed by atoms with Crippen molar-refractivity contribution in [1.82, 2.24) is 0 Å². The minimum Gasteiger partial charge on any atom is -0.810 e. The predicted octanol–water partition coefficient (Wildman–Crippen LogP) is 11.7. The topological polar surface area (TPSA) is 91.1 Å². The largest absolute Gasteiger partial charge is 0.810 e. The van der Waals surface area contributed by atoms with Gasteiger partial charge in [0.1, 0.15) is 11.5 Å². The van der Waals surface area contributed by atoms with Crippen molar-refractivity contribution in [2.24, 2.45) is 0 Å². The van der Waals surface area contributed by atoms with E-state index in [0.717, 1.165) is 34.7 Å². The molecule has 5 nitrogen and oxygen atoms in total. The van der Waals surface area contributed by atoms with Gasteiger partial charge in [-0.15, -0.1) is 24.3 Å². The van der Waals surface area contributed by atoms with E-state index in [2.05, 4.69) is 126 Å². The SMILES string of the molecule is CC(=O)Oc1c(C=[N-])cc(C(C)(C)C)cc1C(C)(C)C.CC(C)(C)c1cc(C=[N-])c(O)c(C(C)(C)C)c1.[Co].c1ccc([CH-][CH-]c2ccccc2)cc1. The van der Waals surface area contributed by atoms with Crippen LogP contribution in [0, 0.1) is 12.8 Å². The second-order valence-electron chi connectivity index (χ2n) is 16.9. The van der Waals surface area contributed by atoms with Gasteiger partial charge in [0.25, 0.3) is 0 Å². The smallest absolute Gasteiger partial charge is 0.308 e. The standard InChI is InChI=1S/C17H24NO2.C15H22NO.C14H12.Co/c1-11(19)20-15-12(10-18)8-13(16(2,3)4)9-14(15)17(5,6)7;1-14(2,3)11-7-10(9-16)13(17)12(8-11)15(4,5)6;1-3-7-13(8-4-1)11-12-14-9-5-2-6-10-14;/h8-10H,1-7H3;7-9,17H,1-6H3;1-12H;/q2*-1;-2;. The molecule has 0 amide bonds. The molecule has 0 bridgehead atoms. The van der Waals surface area contributed by atoms with Gasteiger partial charge in [0.2, 0.25) is 0 Å². The summed E-state index contributed by atoms with van der Waals surface area (Å²) >= 11 is 0. The molecule has 4 aromatic rings. The Balaban J connectivity index is 0.000000391. The number of phenols is 1. The second-order valence-corrected chi connectivity index (χ2v) is 16.9. The third-order valence-electron chi connectivity index (χ3n) is 8.20. The van der Waals surface area contributed by atoms with E-state index in [1.165, 1.54) is 18.1 Å². The normalized spacial score (nSPS) is 11.3. The number of benzene rings is 4. The molecule has 0 aliphatic heterocycles. The van der Waals surface area contributed by atoms with Crippen molar-refractivity contribution in [2.45, 2.75) is 112 Å². The minimum absolute atomic E-state index is 0. The van der Waals surface area contributed by atoms with Crippen molar-refractivity contribution in [3.63, 3.8) is 0 Å². The van der Waals surface area contributed by atoms with E-state index >= 15 is 0 Å². The number of hydrogen-bond donors (Lipinski definition) is 1. The average Bonchev–Trinajstić information content (AvgIpc) is 3.03. The molecular formula is C46H58CoN2O3-4. The first-order valence-electron chi connectivity index (χ1n) is 17.5. The van der Waals surface area contributed by atoms with Gasteiger partial charge in [0.05, 0.1) is 0 Å². The number of aromatic hydroxyl groups is 1. The summed E-state index contributed by atoms with van der Waals surface area (Å²) in [6.45, 7) is 26.4. The summed E-state index contributed by atoms with van der Waals surface area (Å²) in [5.41, 5.74) is 7.09. The molecule has 0 heterocycles. The Morgan fingerprint density at radius 3 is 1.29 bits per heavy atom. The Morgan fingerprint density at radius 2 is 0.962 bits per heavy atom. The number of nitrogens with zero attached hydrogens (tertiary/aromatic N) is 2. The Morgan fingerprint density at radius 1 is 0.596 bits per heavy atom. The van der Waals surface area contributed by atoms with Crippen LogP contribution in [0.5, 0.6) is 11.5 Å². The number of rotatable bonds is 6. The minimum atomic E-state index is -0.387. The van der Waals surface area contributed by atoms with Crippen molar-refractivity contribution in [1.29, 1.82) is 0 Å². The molecule has 6 heteroatoms. The molecule has 0 saturated carbocycles. The Labute approximate surface area is 324 Å². The van der Waals surface area contributed by atoms with E-state index < -0.39 is 0 Å². The van der Waals surface area contributed by atoms with Crippen LogP contribution in [0.4, 0.5) is 0 Å². The fourth-order valence-electron chi connectivity index (χ4n) is 5.08. The first kappa shape index (κ1) is 45.8.